The molecule has 4 rings (SSSR count). The summed E-state index contributed by atoms with van der Waals surface area (Å²) >= 11 is 0. The molecule has 3 aromatic rings. The zero-order valence-electron chi connectivity index (χ0n) is 19.5. The normalized spacial score (nSPS) is 13.0. The fourth-order valence-electron chi connectivity index (χ4n) is 3.50. The molecule has 0 saturated carbocycles. The van der Waals surface area contributed by atoms with Crippen LogP contribution in [0.15, 0.2) is 67.0 Å². The summed E-state index contributed by atoms with van der Waals surface area (Å²) in [5, 5.41) is 17.3. The summed E-state index contributed by atoms with van der Waals surface area (Å²) in [6.45, 7) is 1.75. The molecule has 0 saturated heterocycles. The fourth-order valence-corrected chi connectivity index (χ4v) is 3.50. The van der Waals surface area contributed by atoms with E-state index in [4.69, 9.17) is 0 Å². The number of rotatable bonds is 11. The van der Waals surface area contributed by atoms with Crippen molar-refractivity contribution in [1.82, 2.24) is 45.8 Å². The average molecular weight is 477 g/mol. The summed E-state index contributed by atoms with van der Waals surface area (Å²) in [6, 6.07) is 9.24. The van der Waals surface area contributed by atoms with Crippen molar-refractivity contribution >= 4 is 17.6 Å². The number of hydrogen-bond donors (Lipinski definition) is 3. The molecule has 0 unspecified atom stereocenters. The largest absolute Gasteiger partial charge is 0.345 e. The van der Waals surface area contributed by atoms with Crippen molar-refractivity contribution in [3.8, 4) is 0 Å². The van der Waals surface area contributed by atoms with Crippen LogP contribution in [0.2, 0.25) is 0 Å². The van der Waals surface area contributed by atoms with Gasteiger partial charge in [0.2, 0.25) is 5.91 Å². The standard InChI is InChI=1S/C23H28N10O2/c1-31-20(23(35)26-15-19-8-2-3-10-25-19)16-33(30-31)12-5-4-11-32-17-21(28-29-32)27-22(34)13-18-7-6-9-24-14-18/h2-3,6-10,14,16-17,30H,4-5,11-13,15H2,1H3,(H,26,35)(H,27,34). The smallest absolute Gasteiger partial charge is 0.270 e. The number of aryl methyl sites for hydroxylation is 1. The summed E-state index contributed by atoms with van der Waals surface area (Å²) in [6.07, 6.45) is 10.5. The number of nitrogens with zero attached hydrogens (tertiary/aromatic N) is 7. The van der Waals surface area contributed by atoms with E-state index in [2.05, 4.69) is 36.4 Å². The van der Waals surface area contributed by atoms with Crippen LogP contribution in [0.3, 0.4) is 0 Å². The number of pyridine rings is 2. The van der Waals surface area contributed by atoms with E-state index >= 15 is 0 Å². The Bertz CT molecular complexity index is 1150. The first-order chi connectivity index (χ1) is 17.1. The van der Waals surface area contributed by atoms with Crippen LogP contribution in [0, 0.1) is 0 Å². The van der Waals surface area contributed by atoms with E-state index < -0.39 is 0 Å². The monoisotopic (exact) mass is 476 g/mol. The van der Waals surface area contributed by atoms with Gasteiger partial charge in [0.15, 0.2) is 5.82 Å². The lowest BCUT2D eigenvalue weighted by atomic mass is 10.2. The molecule has 4 heterocycles. The molecular weight excluding hydrogens is 448 g/mol. The molecule has 0 bridgehead atoms. The van der Waals surface area contributed by atoms with Gasteiger partial charge in [0, 0.05) is 44.9 Å². The van der Waals surface area contributed by atoms with Crippen molar-refractivity contribution in [2.75, 3.05) is 18.9 Å². The Labute approximate surface area is 203 Å². The lowest BCUT2D eigenvalue weighted by Crippen LogP contribution is -2.40. The van der Waals surface area contributed by atoms with E-state index in [0.717, 1.165) is 24.1 Å². The zero-order chi connectivity index (χ0) is 24.5. The zero-order valence-corrected chi connectivity index (χ0v) is 19.5. The first-order valence-electron chi connectivity index (χ1n) is 11.3. The third-order valence-electron chi connectivity index (χ3n) is 5.24. The third kappa shape index (κ3) is 7.08. The molecule has 0 atom stereocenters. The first-order valence-corrected chi connectivity index (χ1v) is 11.3. The number of likely N-dealkylation sites (N-methyl/N-ethyl adjacent to an activating group) is 1. The Hall–Kier alpha value is -4.32. The summed E-state index contributed by atoms with van der Waals surface area (Å²) in [5.41, 5.74) is 5.31. The predicted molar refractivity (Wildman–Crippen MR) is 128 cm³/mol. The van der Waals surface area contributed by atoms with Gasteiger partial charge in [-0.1, -0.05) is 17.3 Å². The lowest BCUT2D eigenvalue weighted by molar-refractivity contribution is -0.119. The highest BCUT2D eigenvalue weighted by Crippen LogP contribution is 2.11. The minimum atomic E-state index is -0.172. The van der Waals surface area contributed by atoms with Crippen molar-refractivity contribution in [3.63, 3.8) is 0 Å². The molecule has 3 N–H and O–H groups in total. The van der Waals surface area contributed by atoms with Crippen LogP contribution in [0.4, 0.5) is 5.82 Å². The molecule has 3 aromatic heterocycles. The van der Waals surface area contributed by atoms with E-state index in [1.165, 1.54) is 0 Å². The van der Waals surface area contributed by atoms with Gasteiger partial charge in [0.05, 0.1) is 24.9 Å². The highest BCUT2D eigenvalue weighted by molar-refractivity contribution is 5.92. The molecule has 12 heteroatoms. The van der Waals surface area contributed by atoms with Crippen LogP contribution in [0.1, 0.15) is 24.1 Å². The quantitative estimate of drug-likeness (QED) is 0.345. The number of hydrazine groups is 2. The van der Waals surface area contributed by atoms with E-state index in [1.54, 1.807) is 53.8 Å². The number of amides is 2. The first kappa shape index (κ1) is 23.8. The molecule has 35 heavy (non-hydrogen) atoms. The van der Waals surface area contributed by atoms with Crippen molar-refractivity contribution in [1.29, 1.82) is 0 Å². The van der Waals surface area contributed by atoms with Gasteiger partial charge in [-0.15, -0.1) is 10.6 Å². The van der Waals surface area contributed by atoms with Crippen molar-refractivity contribution < 1.29 is 9.59 Å². The van der Waals surface area contributed by atoms with Gasteiger partial charge >= 0.3 is 0 Å². The maximum absolute atomic E-state index is 12.5. The Morgan fingerprint density at radius 2 is 1.97 bits per heavy atom. The Balaban J connectivity index is 1.16. The molecular formula is C23H28N10O2. The van der Waals surface area contributed by atoms with Crippen LogP contribution in [-0.4, -0.2) is 60.4 Å². The SMILES string of the molecule is CN1NN(CCCCn2cc(NC(=O)Cc3cccnc3)nn2)C=C1C(=O)NCc1ccccn1. The van der Waals surface area contributed by atoms with E-state index in [-0.39, 0.29) is 18.2 Å². The van der Waals surface area contributed by atoms with Crippen molar-refractivity contribution in [2.45, 2.75) is 32.4 Å². The van der Waals surface area contributed by atoms with Crippen LogP contribution in [0.25, 0.3) is 0 Å². The van der Waals surface area contributed by atoms with Gasteiger partial charge < -0.3 is 10.6 Å². The van der Waals surface area contributed by atoms with E-state index in [1.807, 2.05) is 29.3 Å². The summed E-state index contributed by atoms with van der Waals surface area (Å²) < 4.78 is 1.70. The number of anilines is 1. The van der Waals surface area contributed by atoms with Crippen molar-refractivity contribution in [2.24, 2.45) is 0 Å². The van der Waals surface area contributed by atoms with Gasteiger partial charge in [0.25, 0.3) is 5.91 Å². The molecule has 0 aromatic carbocycles. The summed E-state index contributed by atoms with van der Waals surface area (Å²) in [7, 11) is 1.80. The lowest BCUT2D eigenvalue weighted by Gasteiger charge is -2.20. The van der Waals surface area contributed by atoms with Crippen LogP contribution >= 0.6 is 0 Å². The van der Waals surface area contributed by atoms with E-state index in [0.29, 0.717) is 31.1 Å². The summed E-state index contributed by atoms with van der Waals surface area (Å²) in [5.74, 6) is 0.0841. The molecule has 1 aliphatic heterocycles. The molecule has 12 nitrogen and oxygen atoms in total. The molecule has 0 fully saturated rings. The average Bonchev–Trinajstić information content (AvgIpc) is 3.47. The van der Waals surface area contributed by atoms with Gasteiger partial charge in [-0.2, -0.15) is 0 Å². The Morgan fingerprint density at radius 3 is 2.77 bits per heavy atom. The number of unbranched alkanes of at least 4 members (excludes halogenated alkanes) is 1. The van der Waals surface area contributed by atoms with Gasteiger partial charge in [-0.25, -0.2) is 0 Å². The minimum Gasteiger partial charge on any atom is -0.345 e. The molecule has 182 valence electrons. The third-order valence-corrected chi connectivity index (χ3v) is 5.24. The van der Waals surface area contributed by atoms with Crippen LogP contribution < -0.4 is 16.2 Å². The number of carbonyl (C=O) groups is 2. The molecule has 0 spiro atoms. The second kappa shape index (κ2) is 11.7. The number of carbonyl (C=O) groups excluding carboxylic acids is 2. The Kier molecular flexibility index (Phi) is 7.96. The van der Waals surface area contributed by atoms with Crippen LogP contribution in [-0.2, 0) is 29.1 Å². The van der Waals surface area contributed by atoms with Gasteiger partial charge in [0.1, 0.15) is 5.70 Å². The van der Waals surface area contributed by atoms with E-state index in [9.17, 15) is 9.59 Å². The highest BCUT2D eigenvalue weighted by atomic mass is 16.2. The maximum atomic E-state index is 12.5. The Morgan fingerprint density at radius 1 is 1.09 bits per heavy atom. The molecule has 2 amide bonds. The fraction of sp³-hybridized carbons (Fsp3) is 0.304. The number of nitrogens with one attached hydrogen (secondary N) is 3. The maximum Gasteiger partial charge on any atom is 0.270 e. The van der Waals surface area contributed by atoms with Gasteiger partial charge in [-0.05, 0) is 36.6 Å². The molecule has 0 aliphatic carbocycles. The molecule has 1 aliphatic rings. The minimum absolute atomic E-state index is 0.166. The summed E-state index contributed by atoms with van der Waals surface area (Å²) in [4.78, 5) is 32.9. The molecule has 0 radical (unpaired) electrons. The second-order valence-corrected chi connectivity index (χ2v) is 8.03. The van der Waals surface area contributed by atoms with Crippen molar-refractivity contribution in [3.05, 3.63) is 78.3 Å². The number of aromatic nitrogens is 5. The number of hydrogen-bond acceptors (Lipinski definition) is 9. The van der Waals surface area contributed by atoms with Crippen LogP contribution in [0.5, 0.6) is 0 Å². The van der Waals surface area contributed by atoms with Gasteiger partial charge in [-0.3, -0.25) is 34.3 Å². The topological polar surface area (TPSA) is 133 Å². The second-order valence-electron chi connectivity index (χ2n) is 8.03. The predicted octanol–water partition coefficient (Wildman–Crippen LogP) is 0.854. The highest BCUT2D eigenvalue weighted by Gasteiger charge is 2.22.